The van der Waals surface area contributed by atoms with Crippen molar-refractivity contribution in [3.05, 3.63) is 71.8 Å². The van der Waals surface area contributed by atoms with Gasteiger partial charge < -0.3 is 14.4 Å². The van der Waals surface area contributed by atoms with Crippen LogP contribution in [-0.2, 0) is 21.5 Å². The van der Waals surface area contributed by atoms with E-state index in [1.165, 1.54) is 11.1 Å². The highest BCUT2D eigenvalue weighted by Gasteiger charge is 2.38. The SMILES string of the molecule is CC(C)(C)OC(=O)N1CCC(COCc2ccccc2)(c2ccccc2)CC1. The maximum Gasteiger partial charge on any atom is 0.410 e. The van der Waals surface area contributed by atoms with Gasteiger partial charge in [-0.15, -0.1) is 0 Å². The van der Waals surface area contributed by atoms with Gasteiger partial charge in [0, 0.05) is 18.5 Å². The van der Waals surface area contributed by atoms with Crippen LogP contribution in [0.3, 0.4) is 0 Å². The van der Waals surface area contributed by atoms with Crippen molar-refractivity contribution in [3.63, 3.8) is 0 Å². The lowest BCUT2D eigenvalue weighted by atomic mass is 9.73. The van der Waals surface area contributed by atoms with E-state index >= 15 is 0 Å². The zero-order valence-corrected chi connectivity index (χ0v) is 17.2. The van der Waals surface area contributed by atoms with Crippen LogP contribution in [0.2, 0.25) is 0 Å². The summed E-state index contributed by atoms with van der Waals surface area (Å²) in [5.74, 6) is 0. The van der Waals surface area contributed by atoms with Crippen molar-refractivity contribution in [2.75, 3.05) is 19.7 Å². The average Bonchev–Trinajstić information content (AvgIpc) is 2.69. The Hall–Kier alpha value is -2.33. The van der Waals surface area contributed by atoms with Crippen molar-refractivity contribution in [1.29, 1.82) is 0 Å². The molecule has 4 heteroatoms. The molecule has 28 heavy (non-hydrogen) atoms. The number of benzene rings is 2. The molecule has 1 saturated heterocycles. The second kappa shape index (κ2) is 8.78. The molecule has 1 heterocycles. The molecule has 0 radical (unpaired) electrons. The summed E-state index contributed by atoms with van der Waals surface area (Å²) in [5.41, 5.74) is 1.92. The molecule has 1 aliphatic rings. The quantitative estimate of drug-likeness (QED) is 0.717. The lowest BCUT2D eigenvalue weighted by Gasteiger charge is -2.42. The molecule has 0 aromatic heterocycles. The van der Waals surface area contributed by atoms with E-state index in [1.807, 2.05) is 49.9 Å². The molecule has 3 rings (SSSR count). The minimum atomic E-state index is -0.468. The van der Waals surface area contributed by atoms with Crippen molar-refractivity contribution in [3.8, 4) is 0 Å². The Kier molecular flexibility index (Phi) is 6.40. The third-order valence-electron chi connectivity index (χ3n) is 5.25. The van der Waals surface area contributed by atoms with Gasteiger partial charge in [0.05, 0.1) is 13.2 Å². The minimum absolute atomic E-state index is 0.0748. The maximum absolute atomic E-state index is 12.4. The fourth-order valence-electron chi connectivity index (χ4n) is 3.69. The topological polar surface area (TPSA) is 38.8 Å². The van der Waals surface area contributed by atoms with Gasteiger partial charge in [0.1, 0.15) is 5.60 Å². The number of carbonyl (C=O) groups excluding carboxylic acids is 1. The average molecular weight is 382 g/mol. The van der Waals surface area contributed by atoms with Crippen LogP contribution in [0.15, 0.2) is 60.7 Å². The van der Waals surface area contributed by atoms with Crippen LogP contribution < -0.4 is 0 Å². The van der Waals surface area contributed by atoms with E-state index in [0.717, 1.165) is 12.8 Å². The second-order valence-corrected chi connectivity index (χ2v) is 8.59. The van der Waals surface area contributed by atoms with E-state index in [1.54, 1.807) is 0 Å². The molecular formula is C24H31NO3. The van der Waals surface area contributed by atoms with E-state index in [4.69, 9.17) is 9.47 Å². The lowest BCUT2D eigenvalue weighted by molar-refractivity contribution is 0.00334. The van der Waals surface area contributed by atoms with E-state index in [2.05, 4.69) is 36.4 Å². The fourth-order valence-corrected chi connectivity index (χ4v) is 3.69. The molecule has 0 saturated carbocycles. The molecule has 0 aliphatic carbocycles. The van der Waals surface area contributed by atoms with Gasteiger partial charge in [-0.1, -0.05) is 60.7 Å². The smallest absolute Gasteiger partial charge is 0.410 e. The van der Waals surface area contributed by atoms with Gasteiger partial charge >= 0.3 is 6.09 Å². The number of carbonyl (C=O) groups is 1. The molecule has 2 aromatic rings. The summed E-state index contributed by atoms with van der Waals surface area (Å²) in [6.07, 6.45) is 1.51. The summed E-state index contributed by atoms with van der Waals surface area (Å²) >= 11 is 0. The summed E-state index contributed by atoms with van der Waals surface area (Å²) in [6, 6.07) is 20.8. The maximum atomic E-state index is 12.4. The normalized spacial score (nSPS) is 16.6. The van der Waals surface area contributed by atoms with Crippen LogP contribution in [0.5, 0.6) is 0 Å². The van der Waals surface area contributed by atoms with Crippen LogP contribution in [0, 0.1) is 0 Å². The molecule has 0 unspecified atom stereocenters. The molecule has 2 aromatic carbocycles. The Balaban J connectivity index is 1.67. The Morgan fingerprint density at radius 1 is 0.964 bits per heavy atom. The molecule has 0 spiro atoms. The van der Waals surface area contributed by atoms with E-state index in [0.29, 0.717) is 26.3 Å². The molecule has 150 valence electrons. The molecule has 1 aliphatic heterocycles. The standard InChI is InChI=1S/C24H31NO3/c1-23(2,3)28-22(26)25-16-14-24(15-17-25,21-12-8-5-9-13-21)19-27-18-20-10-6-4-7-11-20/h4-13H,14-19H2,1-3H3. The van der Waals surface area contributed by atoms with Crippen molar-refractivity contribution in [2.24, 2.45) is 0 Å². The highest BCUT2D eigenvalue weighted by Crippen LogP contribution is 2.36. The van der Waals surface area contributed by atoms with E-state index in [-0.39, 0.29) is 11.5 Å². The van der Waals surface area contributed by atoms with Crippen LogP contribution in [0.25, 0.3) is 0 Å². The summed E-state index contributed by atoms with van der Waals surface area (Å²) in [5, 5.41) is 0. The molecule has 1 fully saturated rings. The molecule has 4 nitrogen and oxygen atoms in total. The minimum Gasteiger partial charge on any atom is -0.444 e. The van der Waals surface area contributed by atoms with Crippen molar-refractivity contribution in [1.82, 2.24) is 4.90 Å². The third-order valence-corrected chi connectivity index (χ3v) is 5.25. The van der Waals surface area contributed by atoms with Gasteiger partial charge in [-0.3, -0.25) is 0 Å². The molecule has 0 N–H and O–H groups in total. The first-order valence-electron chi connectivity index (χ1n) is 10.0. The third kappa shape index (κ3) is 5.35. The predicted molar refractivity (Wildman–Crippen MR) is 111 cm³/mol. The number of likely N-dealkylation sites (tertiary alicyclic amines) is 1. The number of piperidine rings is 1. The fraction of sp³-hybridized carbons (Fsp3) is 0.458. The largest absolute Gasteiger partial charge is 0.444 e. The summed E-state index contributed by atoms with van der Waals surface area (Å²) in [4.78, 5) is 14.3. The monoisotopic (exact) mass is 381 g/mol. The molecular weight excluding hydrogens is 350 g/mol. The number of hydrogen-bond donors (Lipinski definition) is 0. The van der Waals surface area contributed by atoms with Crippen LogP contribution in [0.1, 0.15) is 44.7 Å². The van der Waals surface area contributed by atoms with Crippen LogP contribution in [-0.4, -0.2) is 36.3 Å². The number of nitrogens with zero attached hydrogens (tertiary/aromatic N) is 1. The number of rotatable bonds is 5. The van der Waals surface area contributed by atoms with Crippen LogP contribution >= 0.6 is 0 Å². The van der Waals surface area contributed by atoms with Crippen molar-refractivity contribution < 1.29 is 14.3 Å². The summed E-state index contributed by atoms with van der Waals surface area (Å²) in [6.45, 7) is 8.32. The van der Waals surface area contributed by atoms with Gasteiger partial charge in [0.2, 0.25) is 0 Å². The predicted octanol–water partition coefficient (Wildman–Crippen LogP) is 5.17. The van der Waals surface area contributed by atoms with Gasteiger partial charge in [0.25, 0.3) is 0 Å². The van der Waals surface area contributed by atoms with Gasteiger partial charge in [-0.05, 0) is 44.7 Å². The number of hydrogen-bond acceptors (Lipinski definition) is 3. The highest BCUT2D eigenvalue weighted by atomic mass is 16.6. The Bertz CT molecular complexity index is 744. The van der Waals surface area contributed by atoms with Crippen LogP contribution in [0.4, 0.5) is 4.79 Å². The van der Waals surface area contributed by atoms with Gasteiger partial charge in [-0.2, -0.15) is 0 Å². The Labute approximate surface area is 168 Å². The highest BCUT2D eigenvalue weighted by molar-refractivity contribution is 5.68. The first-order valence-corrected chi connectivity index (χ1v) is 10.0. The van der Waals surface area contributed by atoms with Crippen molar-refractivity contribution in [2.45, 2.75) is 51.2 Å². The molecule has 0 atom stereocenters. The molecule has 0 bridgehead atoms. The second-order valence-electron chi connectivity index (χ2n) is 8.59. The Morgan fingerprint density at radius 2 is 1.54 bits per heavy atom. The summed E-state index contributed by atoms with van der Waals surface area (Å²) in [7, 11) is 0. The van der Waals surface area contributed by atoms with Gasteiger partial charge in [-0.25, -0.2) is 4.79 Å². The lowest BCUT2D eigenvalue weighted by Crippen LogP contribution is -2.48. The summed E-state index contributed by atoms with van der Waals surface area (Å²) < 4.78 is 11.7. The van der Waals surface area contributed by atoms with E-state index in [9.17, 15) is 4.79 Å². The number of amides is 1. The van der Waals surface area contributed by atoms with Crippen molar-refractivity contribution >= 4 is 6.09 Å². The Morgan fingerprint density at radius 3 is 2.11 bits per heavy atom. The zero-order valence-electron chi connectivity index (χ0n) is 17.2. The number of ether oxygens (including phenoxy) is 2. The first-order chi connectivity index (χ1) is 13.4. The zero-order chi connectivity index (χ0) is 20.0. The molecule has 1 amide bonds. The van der Waals surface area contributed by atoms with Gasteiger partial charge in [0.15, 0.2) is 0 Å². The van der Waals surface area contributed by atoms with E-state index < -0.39 is 5.60 Å². The first kappa shape index (κ1) is 20.4.